The topological polar surface area (TPSA) is 174 Å². The summed E-state index contributed by atoms with van der Waals surface area (Å²) < 4.78 is 0. The normalized spacial score (nSPS) is 19.2. The molecule has 1 aliphatic rings. The molecule has 4 amide bonds. The molecule has 0 radical (unpaired) electrons. The number of amides is 4. The molecule has 2 aromatic carbocycles. The number of rotatable bonds is 8. The van der Waals surface area contributed by atoms with Crippen LogP contribution in [0.4, 0.5) is 4.79 Å². The summed E-state index contributed by atoms with van der Waals surface area (Å²) >= 11 is 0. The molecular weight excluding hydrogens is 430 g/mol. The number of carbonyl (C=O) groups is 4. The Morgan fingerprint density at radius 3 is 2.36 bits per heavy atom. The van der Waals surface area contributed by atoms with Gasteiger partial charge < -0.3 is 26.7 Å². The van der Waals surface area contributed by atoms with Gasteiger partial charge in [0.05, 0.1) is 12.5 Å². The molecule has 172 valence electrons. The molecule has 1 heterocycles. The zero-order valence-electron chi connectivity index (χ0n) is 17.7. The number of hydrogen-bond donors (Lipinski definition) is 5. The average molecular weight is 453 g/mol. The number of nitrogens with one attached hydrogen (secondary N) is 2. The highest BCUT2D eigenvalue weighted by Gasteiger charge is 2.49. The van der Waals surface area contributed by atoms with E-state index in [2.05, 4.69) is 15.8 Å². The van der Waals surface area contributed by atoms with Gasteiger partial charge in [-0.05, 0) is 18.1 Å². The highest BCUT2D eigenvalue weighted by molar-refractivity contribution is 6.09. The first kappa shape index (κ1) is 23.3. The van der Waals surface area contributed by atoms with E-state index in [9.17, 15) is 24.3 Å². The molecule has 0 saturated carbocycles. The van der Waals surface area contributed by atoms with Crippen molar-refractivity contribution in [1.82, 2.24) is 15.5 Å². The Kier molecular flexibility index (Phi) is 6.61. The van der Waals surface area contributed by atoms with E-state index in [1.807, 2.05) is 0 Å². The first-order valence-electron chi connectivity index (χ1n) is 9.94. The van der Waals surface area contributed by atoms with Gasteiger partial charge in [0.25, 0.3) is 5.91 Å². The third kappa shape index (κ3) is 4.92. The molecule has 0 spiro atoms. The fraction of sp³-hybridized carbons (Fsp3) is 0.227. The molecule has 0 bridgehead atoms. The van der Waals surface area contributed by atoms with Gasteiger partial charge in [0.2, 0.25) is 5.91 Å². The van der Waals surface area contributed by atoms with Crippen molar-refractivity contribution >= 4 is 29.7 Å². The van der Waals surface area contributed by atoms with Gasteiger partial charge in [0.15, 0.2) is 5.84 Å². The monoisotopic (exact) mass is 453 g/mol. The summed E-state index contributed by atoms with van der Waals surface area (Å²) in [5.41, 5.74) is 5.55. The maximum Gasteiger partial charge on any atom is 0.325 e. The zero-order chi connectivity index (χ0) is 24.2. The molecule has 6 N–H and O–H groups in total. The van der Waals surface area contributed by atoms with Crippen molar-refractivity contribution in [3.8, 4) is 0 Å². The number of aliphatic carboxylic acids is 1. The Balaban J connectivity index is 1.75. The number of oxime groups is 1. The van der Waals surface area contributed by atoms with Crippen molar-refractivity contribution in [1.29, 1.82) is 0 Å². The highest BCUT2D eigenvalue weighted by Crippen LogP contribution is 2.29. The predicted octanol–water partition coefficient (Wildman–Crippen LogP) is 0.880. The number of benzene rings is 2. The number of urea groups is 1. The van der Waals surface area contributed by atoms with E-state index < -0.39 is 41.9 Å². The van der Waals surface area contributed by atoms with E-state index in [0.717, 1.165) is 4.90 Å². The fourth-order valence-electron chi connectivity index (χ4n) is 3.56. The van der Waals surface area contributed by atoms with Crippen LogP contribution in [0.2, 0.25) is 0 Å². The van der Waals surface area contributed by atoms with Crippen molar-refractivity contribution < 1.29 is 29.5 Å². The molecule has 33 heavy (non-hydrogen) atoms. The lowest BCUT2D eigenvalue weighted by Crippen LogP contribution is -2.44. The van der Waals surface area contributed by atoms with Crippen molar-refractivity contribution in [3.05, 3.63) is 71.3 Å². The van der Waals surface area contributed by atoms with E-state index in [1.165, 1.54) is 19.1 Å². The molecule has 2 atom stereocenters. The second kappa shape index (κ2) is 9.39. The number of nitrogens with two attached hydrogens (primary N) is 1. The smallest absolute Gasteiger partial charge is 0.325 e. The summed E-state index contributed by atoms with van der Waals surface area (Å²) in [5.74, 6) is -2.54. The van der Waals surface area contributed by atoms with Gasteiger partial charge in [-0.1, -0.05) is 59.8 Å². The highest BCUT2D eigenvalue weighted by atomic mass is 16.4. The molecule has 1 fully saturated rings. The van der Waals surface area contributed by atoms with Crippen LogP contribution in [0.5, 0.6) is 0 Å². The van der Waals surface area contributed by atoms with Crippen LogP contribution in [-0.4, -0.2) is 51.4 Å². The van der Waals surface area contributed by atoms with Crippen molar-refractivity contribution in [3.63, 3.8) is 0 Å². The quantitative estimate of drug-likeness (QED) is 0.130. The van der Waals surface area contributed by atoms with Gasteiger partial charge in [-0.3, -0.25) is 19.3 Å². The minimum Gasteiger partial charge on any atom is -0.481 e. The Bertz CT molecular complexity index is 1100. The van der Waals surface area contributed by atoms with Gasteiger partial charge in [0.1, 0.15) is 12.1 Å². The Labute approximate surface area is 188 Å². The van der Waals surface area contributed by atoms with Gasteiger partial charge in [-0.2, -0.15) is 0 Å². The third-order valence-electron chi connectivity index (χ3n) is 5.36. The second-order valence-corrected chi connectivity index (χ2v) is 7.64. The standard InChI is InChI=1S/C22H23N5O6/c1-22(15-9-7-14(8-10-15)19(23)26-33)20(31)27(21(32)25-22)12-17(28)24-16(11-18(29)30)13-5-3-2-4-6-13/h2-10,16,33H,11-12H2,1H3,(H2,23,26)(H,24,28)(H,25,32)(H,29,30)/t16-,22-/m0/s1. The van der Waals surface area contributed by atoms with E-state index >= 15 is 0 Å². The van der Waals surface area contributed by atoms with Crippen LogP contribution in [0.25, 0.3) is 0 Å². The maximum atomic E-state index is 13.1. The summed E-state index contributed by atoms with van der Waals surface area (Å²) in [4.78, 5) is 50.2. The minimum absolute atomic E-state index is 0.110. The Morgan fingerprint density at radius 2 is 1.79 bits per heavy atom. The summed E-state index contributed by atoms with van der Waals surface area (Å²) in [6.45, 7) is 0.923. The summed E-state index contributed by atoms with van der Waals surface area (Å²) in [5, 5.41) is 26.0. The number of nitrogens with zero attached hydrogens (tertiary/aromatic N) is 2. The molecule has 0 aliphatic carbocycles. The van der Waals surface area contributed by atoms with Crippen molar-refractivity contribution in [2.24, 2.45) is 10.9 Å². The maximum absolute atomic E-state index is 13.1. The molecule has 3 rings (SSSR count). The number of amidine groups is 1. The third-order valence-corrected chi connectivity index (χ3v) is 5.36. The SMILES string of the molecule is C[C@@]1(c2ccc(C(N)=NO)cc2)NC(=O)N(CC(=O)N[C@@H](CC(=O)O)c2ccccc2)C1=O. The van der Waals surface area contributed by atoms with Crippen LogP contribution in [0.1, 0.15) is 36.1 Å². The van der Waals surface area contributed by atoms with Crippen LogP contribution in [0.15, 0.2) is 59.8 Å². The van der Waals surface area contributed by atoms with Crippen molar-refractivity contribution in [2.75, 3.05) is 6.54 Å². The summed E-state index contributed by atoms with van der Waals surface area (Å²) in [6, 6.07) is 13.1. The molecular formula is C22H23N5O6. The largest absolute Gasteiger partial charge is 0.481 e. The number of carboxylic acids is 1. The van der Waals surface area contributed by atoms with Crippen LogP contribution in [-0.2, 0) is 19.9 Å². The lowest BCUT2D eigenvalue weighted by molar-refractivity contribution is -0.138. The molecule has 0 aromatic heterocycles. The number of carboxylic acid groups (broad SMARTS) is 1. The Hall–Kier alpha value is -4.41. The van der Waals surface area contributed by atoms with Crippen molar-refractivity contribution in [2.45, 2.75) is 24.9 Å². The zero-order valence-corrected chi connectivity index (χ0v) is 17.7. The first-order chi connectivity index (χ1) is 15.7. The second-order valence-electron chi connectivity index (χ2n) is 7.64. The lowest BCUT2D eigenvalue weighted by Gasteiger charge is -2.23. The molecule has 1 saturated heterocycles. The summed E-state index contributed by atoms with van der Waals surface area (Å²) in [7, 11) is 0. The predicted molar refractivity (Wildman–Crippen MR) is 116 cm³/mol. The molecule has 0 unspecified atom stereocenters. The van der Waals surface area contributed by atoms with E-state index in [1.54, 1.807) is 42.5 Å². The average Bonchev–Trinajstić information content (AvgIpc) is 3.02. The van der Waals surface area contributed by atoms with Crippen LogP contribution in [0.3, 0.4) is 0 Å². The van der Waals surface area contributed by atoms with Gasteiger partial charge >= 0.3 is 12.0 Å². The molecule has 1 aliphatic heterocycles. The minimum atomic E-state index is -1.43. The number of imide groups is 1. The number of hydrogen-bond acceptors (Lipinski definition) is 6. The molecule has 2 aromatic rings. The van der Waals surface area contributed by atoms with Gasteiger partial charge in [-0.25, -0.2) is 4.79 Å². The fourth-order valence-corrected chi connectivity index (χ4v) is 3.56. The van der Waals surface area contributed by atoms with Crippen LogP contribution in [0, 0.1) is 0 Å². The molecule has 11 heteroatoms. The van der Waals surface area contributed by atoms with Crippen LogP contribution < -0.4 is 16.4 Å². The van der Waals surface area contributed by atoms with Gasteiger partial charge in [0, 0.05) is 5.56 Å². The van der Waals surface area contributed by atoms with E-state index in [-0.39, 0.29) is 12.3 Å². The Morgan fingerprint density at radius 1 is 1.15 bits per heavy atom. The lowest BCUT2D eigenvalue weighted by atomic mass is 9.91. The molecule has 11 nitrogen and oxygen atoms in total. The first-order valence-corrected chi connectivity index (χ1v) is 9.94. The van der Waals surface area contributed by atoms with E-state index in [4.69, 9.17) is 10.9 Å². The number of carbonyl (C=O) groups excluding carboxylic acids is 3. The van der Waals surface area contributed by atoms with Crippen LogP contribution >= 0.6 is 0 Å². The van der Waals surface area contributed by atoms with Gasteiger partial charge in [-0.15, -0.1) is 0 Å². The summed E-state index contributed by atoms with van der Waals surface area (Å²) in [6.07, 6.45) is -0.361. The van der Waals surface area contributed by atoms with E-state index in [0.29, 0.717) is 16.7 Å².